The molecule has 0 N–H and O–H groups in total. The molecule has 1 fully saturated rings. The smallest absolute Gasteiger partial charge is 0.168 e. The first-order valence-corrected chi connectivity index (χ1v) is 5.25. The van der Waals surface area contributed by atoms with Crippen LogP contribution in [0.3, 0.4) is 0 Å². The molecule has 1 saturated carbocycles. The van der Waals surface area contributed by atoms with Gasteiger partial charge in [-0.1, -0.05) is 13.8 Å². The summed E-state index contributed by atoms with van der Waals surface area (Å²) in [4.78, 5) is 22.3. The highest BCUT2D eigenvalue weighted by Crippen LogP contribution is 2.15. The first-order chi connectivity index (χ1) is 6.59. The summed E-state index contributed by atoms with van der Waals surface area (Å²) < 4.78 is 5.45. The summed E-state index contributed by atoms with van der Waals surface area (Å²) in [5.74, 6) is 0.610. The first-order valence-electron chi connectivity index (χ1n) is 5.25. The van der Waals surface area contributed by atoms with Gasteiger partial charge in [0.2, 0.25) is 0 Å². The van der Waals surface area contributed by atoms with Gasteiger partial charge in [-0.2, -0.15) is 0 Å². The maximum absolute atomic E-state index is 11.3. The van der Waals surface area contributed by atoms with Crippen molar-refractivity contribution in [1.82, 2.24) is 0 Å². The first kappa shape index (κ1) is 11.4. The normalized spacial score (nSPS) is 23.2. The number of Topliss-reactive ketones (excluding diaryl/α,β-unsaturated/α-hetero) is 2. The van der Waals surface area contributed by atoms with Crippen LogP contribution in [-0.4, -0.2) is 24.3 Å². The molecule has 0 amide bonds. The van der Waals surface area contributed by atoms with Crippen LogP contribution in [0.1, 0.15) is 39.5 Å². The Labute approximate surface area is 84.8 Å². The molecular formula is C11H18O3. The second kappa shape index (κ2) is 5.25. The molecule has 1 atom stereocenters. The molecule has 0 aromatic carbocycles. The van der Waals surface area contributed by atoms with Crippen molar-refractivity contribution < 1.29 is 14.3 Å². The van der Waals surface area contributed by atoms with E-state index >= 15 is 0 Å². The van der Waals surface area contributed by atoms with E-state index in [0.29, 0.717) is 25.4 Å². The average Bonchev–Trinajstić information content (AvgIpc) is 2.08. The molecule has 1 aliphatic carbocycles. The van der Waals surface area contributed by atoms with E-state index in [-0.39, 0.29) is 24.1 Å². The predicted molar refractivity (Wildman–Crippen MR) is 53.1 cm³/mol. The minimum absolute atomic E-state index is 0.0370. The maximum Gasteiger partial charge on any atom is 0.168 e. The fourth-order valence-corrected chi connectivity index (χ4v) is 1.47. The van der Waals surface area contributed by atoms with Gasteiger partial charge in [0.05, 0.1) is 6.42 Å². The zero-order valence-electron chi connectivity index (χ0n) is 8.91. The second-order valence-corrected chi connectivity index (χ2v) is 4.26. The molecule has 3 heteroatoms. The summed E-state index contributed by atoms with van der Waals surface area (Å²) in [6, 6.07) is 0. The van der Waals surface area contributed by atoms with Gasteiger partial charge in [-0.3, -0.25) is 9.59 Å². The minimum Gasteiger partial charge on any atom is -0.370 e. The molecule has 1 unspecified atom stereocenters. The Morgan fingerprint density at radius 1 is 1.43 bits per heavy atom. The summed E-state index contributed by atoms with van der Waals surface area (Å²) in [5.41, 5.74) is 0. The summed E-state index contributed by atoms with van der Waals surface area (Å²) >= 11 is 0. The second-order valence-electron chi connectivity index (χ2n) is 4.26. The van der Waals surface area contributed by atoms with Gasteiger partial charge in [-0.15, -0.1) is 0 Å². The van der Waals surface area contributed by atoms with Gasteiger partial charge in [-0.25, -0.2) is 0 Å². The lowest BCUT2D eigenvalue weighted by molar-refractivity contribution is -0.139. The number of carbonyl (C=O) groups is 2. The number of ketones is 2. The Hall–Kier alpha value is -0.700. The molecular weight excluding hydrogens is 180 g/mol. The largest absolute Gasteiger partial charge is 0.370 e. The molecule has 1 rings (SSSR count). The lowest BCUT2D eigenvalue weighted by Gasteiger charge is -2.20. The standard InChI is InChI=1S/C11H18O3/c1-8(2)5-6-14-11-4-3-9(12)7-10(11)13/h8,11H,3-7H2,1-2H3. The van der Waals surface area contributed by atoms with Crippen molar-refractivity contribution in [3.63, 3.8) is 0 Å². The van der Waals surface area contributed by atoms with Crippen molar-refractivity contribution in [2.45, 2.75) is 45.6 Å². The van der Waals surface area contributed by atoms with E-state index in [1.165, 1.54) is 0 Å². The van der Waals surface area contributed by atoms with Crippen LogP contribution in [0, 0.1) is 5.92 Å². The van der Waals surface area contributed by atoms with Crippen LogP contribution in [-0.2, 0) is 14.3 Å². The molecule has 80 valence electrons. The van der Waals surface area contributed by atoms with Crippen LogP contribution in [0.15, 0.2) is 0 Å². The third-order valence-corrected chi connectivity index (χ3v) is 2.43. The van der Waals surface area contributed by atoms with E-state index in [9.17, 15) is 9.59 Å². The van der Waals surface area contributed by atoms with Gasteiger partial charge < -0.3 is 4.74 Å². The quantitative estimate of drug-likeness (QED) is 0.646. The van der Waals surface area contributed by atoms with Gasteiger partial charge in [0.25, 0.3) is 0 Å². The Balaban J connectivity index is 2.24. The van der Waals surface area contributed by atoms with Crippen molar-refractivity contribution in [2.24, 2.45) is 5.92 Å². The Bertz CT molecular complexity index is 221. The van der Waals surface area contributed by atoms with E-state index in [4.69, 9.17) is 4.74 Å². The highest BCUT2D eigenvalue weighted by molar-refractivity contribution is 6.03. The lowest BCUT2D eigenvalue weighted by atomic mass is 9.95. The molecule has 1 aliphatic rings. The fourth-order valence-electron chi connectivity index (χ4n) is 1.47. The van der Waals surface area contributed by atoms with Crippen molar-refractivity contribution in [2.75, 3.05) is 6.61 Å². The van der Waals surface area contributed by atoms with Gasteiger partial charge >= 0.3 is 0 Å². The van der Waals surface area contributed by atoms with Crippen molar-refractivity contribution in [3.8, 4) is 0 Å². The highest BCUT2D eigenvalue weighted by atomic mass is 16.5. The monoisotopic (exact) mass is 198 g/mol. The fraction of sp³-hybridized carbons (Fsp3) is 0.818. The zero-order valence-corrected chi connectivity index (χ0v) is 8.91. The van der Waals surface area contributed by atoms with Crippen LogP contribution in [0.25, 0.3) is 0 Å². The van der Waals surface area contributed by atoms with Crippen LogP contribution < -0.4 is 0 Å². The number of carbonyl (C=O) groups excluding carboxylic acids is 2. The van der Waals surface area contributed by atoms with Gasteiger partial charge in [0, 0.05) is 13.0 Å². The lowest BCUT2D eigenvalue weighted by Crippen LogP contribution is -2.32. The average molecular weight is 198 g/mol. The Morgan fingerprint density at radius 3 is 2.71 bits per heavy atom. The molecule has 3 nitrogen and oxygen atoms in total. The van der Waals surface area contributed by atoms with Gasteiger partial charge in [-0.05, 0) is 18.8 Å². The van der Waals surface area contributed by atoms with Crippen LogP contribution in [0.4, 0.5) is 0 Å². The van der Waals surface area contributed by atoms with Gasteiger partial charge in [0.15, 0.2) is 5.78 Å². The topological polar surface area (TPSA) is 43.4 Å². The number of hydrogen-bond acceptors (Lipinski definition) is 3. The summed E-state index contributed by atoms with van der Waals surface area (Å²) in [7, 11) is 0. The van der Waals surface area contributed by atoms with Crippen molar-refractivity contribution in [1.29, 1.82) is 0 Å². The molecule has 0 aliphatic heterocycles. The van der Waals surface area contributed by atoms with E-state index in [2.05, 4.69) is 13.8 Å². The van der Waals surface area contributed by atoms with E-state index < -0.39 is 0 Å². The number of hydrogen-bond donors (Lipinski definition) is 0. The Morgan fingerprint density at radius 2 is 2.14 bits per heavy atom. The highest BCUT2D eigenvalue weighted by Gasteiger charge is 2.27. The molecule has 0 saturated heterocycles. The zero-order chi connectivity index (χ0) is 10.6. The summed E-state index contributed by atoms with van der Waals surface area (Å²) in [6.07, 6.45) is 1.81. The summed E-state index contributed by atoms with van der Waals surface area (Å²) in [5, 5.41) is 0. The van der Waals surface area contributed by atoms with Crippen molar-refractivity contribution >= 4 is 11.6 Å². The predicted octanol–water partition coefficient (Wildman–Crippen LogP) is 1.74. The van der Waals surface area contributed by atoms with E-state index in [1.807, 2.05) is 0 Å². The third kappa shape index (κ3) is 3.58. The minimum atomic E-state index is -0.313. The number of ether oxygens (including phenoxy) is 1. The maximum atomic E-state index is 11.3. The number of rotatable bonds is 4. The third-order valence-electron chi connectivity index (χ3n) is 2.43. The van der Waals surface area contributed by atoms with E-state index in [1.54, 1.807) is 0 Å². The molecule has 0 radical (unpaired) electrons. The SMILES string of the molecule is CC(C)CCOC1CCC(=O)CC1=O. The Kier molecular flexibility index (Phi) is 4.26. The van der Waals surface area contributed by atoms with Crippen molar-refractivity contribution in [3.05, 3.63) is 0 Å². The van der Waals surface area contributed by atoms with Crippen LogP contribution in [0.2, 0.25) is 0 Å². The van der Waals surface area contributed by atoms with E-state index in [0.717, 1.165) is 6.42 Å². The van der Waals surface area contributed by atoms with Crippen LogP contribution >= 0.6 is 0 Å². The molecule has 14 heavy (non-hydrogen) atoms. The van der Waals surface area contributed by atoms with Crippen LogP contribution in [0.5, 0.6) is 0 Å². The molecule has 0 spiro atoms. The molecule has 0 aromatic rings. The molecule has 0 bridgehead atoms. The molecule has 0 heterocycles. The summed E-state index contributed by atoms with van der Waals surface area (Å²) in [6.45, 7) is 4.87. The van der Waals surface area contributed by atoms with Gasteiger partial charge in [0.1, 0.15) is 11.9 Å². The molecule has 0 aromatic heterocycles.